The number of hydrogen-bond donors (Lipinski definition) is 0. The lowest BCUT2D eigenvalue weighted by atomic mass is 9.49. The summed E-state index contributed by atoms with van der Waals surface area (Å²) in [5.74, 6) is 1.03. The van der Waals surface area contributed by atoms with Crippen molar-refractivity contribution in [2.45, 2.75) is 90.9 Å². The molecule has 5 nitrogen and oxygen atoms in total. The number of halogens is 1. The Balaban J connectivity index is 0.000000186. The molecule has 40 heavy (non-hydrogen) atoms. The third-order valence-corrected chi connectivity index (χ3v) is 12.0. The van der Waals surface area contributed by atoms with E-state index in [4.69, 9.17) is 4.74 Å². The first kappa shape index (κ1) is 31.5. The molecule has 0 unspecified atom stereocenters. The maximum Gasteiger partial charge on any atom is 0.357 e. The van der Waals surface area contributed by atoms with Gasteiger partial charge in [0.25, 0.3) is 0 Å². The minimum Gasteiger partial charge on any atom is -0.748 e. The monoisotopic (exact) mass is 680 g/mol. The number of ether oxygens (including phenoxy) is 1. The van der Waals surface area contributed by atoms with Gasteiger partial charge >= 0.3 is 27.2 Å². The Hall–Kier alpha value is -1.45. The van der Waals surface area contributed by atoms with Crippen LogP contribution in [0.1, 0.15) is 91.2 Å². The zero-order valence-corrected chi connectivity index (χ0v) is 27.8. The largest absolute Gasteiger partial charge is 0.748 e. The summed E-state index contributed by atoms with van der Waals surface area (Å²) in [6.45, 7) is 13.3. The lowest BCUT2D eigenvalue weighted by Gasteiger charge is -2.55. The molecule has 4 bridgehead atoms. The second kappa shape index (κ2) is 12.0. The predicted octanol–water partition coefficient (Wildman–Crippen LogP) is 3.70. The fourth-order valence-corrected chi connectivity index (χ4v) is 9.35. The highest BCUT2D eigenvalue weighted by molar-refractivity contribution is 7.85. The zero-order chi connectivity index (χ0) is 29.3. The molecule has 0 aliphatic heterocycles. The third kappa shape index (κ3) is 8.31. The van der Waals surface area contributed by atoms with Crippen LogP contribution in [0.4, 0.5) is 0 Å². The summed E-state index contributed by atoms with van der Waals surface area (Å²) in [6.07, 6.45) is 6.39. The summed E-state index contributed by atoms with van der Waals surface area (Å²) in [4.78, 5) is 12.3. The van der Waals surface area contributed by atoms with Crippen LogP contribution in [0.5, 0.6) is 0 Å². The van der Waals surface area contributed by atoms with Gasteiger partial charge in [-0.3, -0.25) is 4.79 Å². The van der Waals surface area contributed by atoms with Gasteiger partial charge in [0.05, 0.1) is 21.3 Å². The van der Waals surface area contributed by atoms with Crippen molar-refractivity contribution in [1.82, 2.24) is 0 Å². The minimum atomic E-state index is -4.30. The average Bonchev–Trinajstić information content (AvgIpc) is 2.82. The molecule has 0 saturated heterocycles. The first-order valence-electron chi connectivity index (χ1n) is 14.5. The van der Waals surface area contributed by atoms with E-state index >= 15 is 0 Å². The van der Waals surface area contributed by atoms with Crippen molar-refractivity contribution < 1.29 is 43.7 Å². The highest BCUT2D eigenvalue weighted by Crippen LogP contribution is 2.60. The van der Waals surface area contributed by atoms with Gasteiger partial charge < -0.3 is 9.29 Å². The Morgan fingerprint density at radius 1 is 0.800 bits per heavy atom. The Bertz CT molecular complexity index is 1180. The van der Waals surface area contributed by atoms with Crippen LogP contribution in [0, 0.1) is 30.3 Å². The molecule has 0 amide bonds. The summed E-state index contributed by atoms with van der Waals surface area (Å²) in [5.41, 5.74) is 2.94. The number of carbonyl (C=O) groups excluding carboxylic acids is 1. The van der Waals surface area contributed by atoms with Gasteiger partial charge in [0.1, 0.15) is 6.61 Å². The number of benzene rings is 2. The molecule has 0 spiro atoms. The van der Waals surface area contributed by atoms with Gasteiger partial charge in [-0.2, -0.15) is 0 Å². The number of hydrogen-bond acceptors (Lipinski definition) is 5. The normalized spacial score (nSPS) is 25.7. The molecule has 0 heterocycles. The SMILES string of the molecule is CC(C)(C)c1ccc([I+]c2ccc(C(C)(C)C)cc2)cc1.O=C(OCCS(=O)(=O)[O-])C12CC3CC(CC(C3)C1)C2. The number of esters is 1. The summed E-state index contributed by atoms with van der Waals surface area (Å²) >= 11 is -0.0703. The minimum absolute atomic E-state index is 0.0703. The number of carbonyl (C=O) groups is 1. The van der Waals surface area contributed by atoms with Gasteiger partial charge in [0, 0.05) is 0 Å². The number of rotatable bonds is 6. The Kier molecular flexibility index (Phi) is 9.48. The summed E-state index contributed by atoms with van der Waals surface area (Å²) in [5, 5.41) is 0. The van der Waals surface area contributed by atoms with Crippen molar-refractivity contribution in [3.63, 3.8) is 0 Å². The first-order valence-corrected chi connectivity index (χ1v) is 18.2. The van der Waals surface area contributed by atoms with Crippen LogP contribution in [-0.2, 0) is 30.5 Å². The van der Waals surface area contributed by atoms with Gasteiger partial charge in [-0.15, -0.1) is 0 Å². The van der Waals surface area contributed by atoms with E-state index in [1.54, 1.807) is 0 Å². The van der Waals surface area contributed by atoms with Gasteiger partial charge in [-0.1, -0.05) is 65.8 Å². The van der Waals surface area contributed by atoms with E-state index in [1.165, 1.54) is 37.5 Å². The molecule has 0 N–H and O–H groups in total. The molecule has 220 valence electrons. The maximum absolute atomic E-state index is 12.3. The lowest BCUT2D eigenvalue weighted by Crippen LogP contribution is -3.61. The molecule has 4 aliphatic carbocycles. The van der Waals surface area contributed by atoms with Crippen molar-refractivity contribution in [1.29, 1.82) is 0 Å². The van der Waals surface area contributed by atoms with Crippen LogP contribution >= 0.6 is 0 Å². The molecule has 4 fully saturated rings. The van der Waals surface area contributed by atoms with Crippen LogP contribution in [0.2, 0.25) is 0 Å². The Labute approximate surface area is 251 Å². The van der Waals surface area contributed by atoms with Crippen LogP contribution in [0.25, 0.3) is 0 Å². The second-order valence-electron chi connectivity index (χ2n) is 14.2. The summed E-state index contributed by atoms with van der Waals surface area (Å²) < 4.78 is 39.6. The van der Waals surface area contributed by atoms with Crippen molar-refractivity contribution in [3.8, 4) is 0 Å². The van der Waals surface area contributed by atoms with Crippen molar-refractivity contribution in [3.05, 3.63) is 66.8 Å². The van der Waals surface area contributed by atoms with E-state index in [1.807, 2.05) is 0 Å². The third-order valence-electron chi connectivity index (χ3n) is 8.68. The fraction of sp³-hybridized carbons (Fsp3) is 0.606. The standard InChI is InChI=1S/C20H26I.C13H20O5S/c1-19(2,3)15-7-11-17(12-8-15)21-18-13-9-16(10-14-18)20(4,5)6;14-12(18-1-2-19(15,16)17)13-6-9-3-10(7-13)5-11(4-9)8-13/h7-14H,1-6H3;9-11H,1-8H2,(H,15,16,17)/q+1;/p-1. The molecule has 0 atom stereocenters. The Morgan fingerprint density at radius 2 is 1.18 bits per heavy atom. The van der Waals surface area contributed by atoms with Crippen LogP contribution < -0.4 is 21.2 Å². The lowest BCUT2D eigenvalue weighted by molar-refractivity contribution is -0.597. The molecule has 0 aromatic heterocycles. The molecule has 7 heteroatoms. The Morgan fingerprint density at radius 3 is 1.50 bits per heavy atom. The van der Waals surface area contributed by atoms with Crippen molar-refractivity contribution >= 4 is 16.1 Å². The second-order valence-corrected chi connectivity index (χ2v) is 18.8. The quantitative estimate of drug-likeness (QED) is 0.264. The maximum atomic E-state index is 12.3. The predicted molar refractivity (Wildman–Crippen MR) is 154 cm³/mol. The molecule has 2 aromatic carbocycles. The molecular formula is C33H45IO5S. The van der Waals surface area contributed by atoms with Gasteiger partial charge in [0.2, 0.25) is 0 Å². The average molecular weight is 681 g/mol. The van der Waals surface area contributed by atoms with Crippen LogP contribution in [-0.4, -0.2) is 31.3 Å². The molecule has 4 aliphatic rings. The molecular weight excluding hydrogens is 635 g/mol. The van der Waals surface area contributed by atoms with Crippen LogP contribution in [0.3, 0.4) is 0 Å². The van der Waals surface area contributed by atoms with E-state index in [9.17, 15) is 17.8 Å². The van der Waals surface area contributed by atoms with E-state index < -0.39 is 15.9 Å². The van der Waals surface area contributed by atoms with E-state index in [0.29, 0.717) is 17.8 Å². The van der Waals surface area contributed by atoms with Crippen molar-refractivity contribution in [2.75, 3.05) is 12.4 Å². The summed E-state index contributed by atoms with van der Waals surface area (Å²) in [7, 11) is -4.30. The van der Waals surface area contributed by atoms with Gasteiger partial charge in [0.15, 0.2) is 7.14 Å². The van der Waals surface area contributed by atoms with Crippen molar-refractivity contribution in [2.24, 2.45) is 23.2 Å². The van der Waals surface area contributed by atoms with E-state index in [0.717, 1.165) is 19.3 Å². The highest BCUT2D eigenvalue weighted by Gasteiger charge is 2.55. The topological polar surface area (TPSA) is 83.5 Å². The highest BCUT2D eigenvalue weighted by atomic mass is 127. The van der Waals surface area contributed by atoms with Crippen LogP contribution in [0.15, 0.2) is 48.5 Å². The first-order chi connectivity index (χ1) is 18.5. The van der Waals surface area contributed by atoms with E-state index in [2.05, 4.69) is 90.1 Å². The van der Waals surface area contributed by atoms with Gasteiger partial charge in [-0.25, -0.2) is 8.42 Å². The summed E-state index contributed by atoms with van der Waals surface area (Å²) in [6, 6.07) is 18.4. The molecule has 0 radical (unpaired) electrons. The molecule has 6 rings (SSSR count). The zero-order valence-electron chi connectivity index (χ0n) is 24.8. The van der Waals surface area contributed by atoms with Gasteiger partial charge in [-0.05, 0) is 103 Å². The van der Waals surface area contributed by atoms with E-state index in [-0.39, 0.29) is 50.0 Å². The molecule has 4 saturated carbocycles. The fourth-order valence-electron chi connectivity index (χ4n) is 6.90. The smallest absolute Gasteiger partial charge is 0.357 e. The molecule has 2 aromatic rings.